The minimum atomic E-state index is -5.08. The summed E-state index contributed by atoms with van der Waals surface area (Å²) >= 11 is 0. The van der Waals surface area contributed by atoms with Gasteiger partial charge in [0.05, 0.1) is 31.6 Å². The number of nitrogens with zero attached hydrogens (tertiary/aromatic N) is 4. The van der Waals surface area contributed by atoms with Crippen LogP contribution in [0.1, 0.15) is 25.7 Å². The first-order chi connectivity index (χ1) is 15.1. The van der Waals surface area contributed by atoms with Crippen molar-refractivity contribution in [3.05, 3.63) is 18.2 Å². The third kappa shape index (κ3) is 6.25. The van der Waals surface area contributed by atoms with Crippen LogP contribution < -0.4 is 4.90 Å². The van der Waals surface area contributed by atoms with Crippen molar-refractivity contribution < 1.29 is 41.7 Å². The number of rotatable bonds is 4. The van der Waals surface area contributed by atoms with Crippen LogP contribution in [0.25, 0.3) is 0 Å². The van der Waals surface area contributed by atoms with E-state index in [1.165, 1.54) is 12.4 Å². The molecule has 0 aliphatic carbocycles. The highest BCUT2D eigenvalue weighted by Crippen LogP contribution is 2.36. The van der Waals surface area contributed by atoms with Crippen LogP contribution in [0.4, 0.5) is 23.5 Å². The number of carboxylic acid groups (broad SMARTS) is 1. The van der Waals surface area contributed by atoms with Gasteiger partial charge in [-0.05, 0) is 19.3 Å². The molecular formula is C19H24F4N4O5. The van der Waals surface area contributed by atoms with E-state index >= 15 is 0 Å². The second-order valence-electron chi connectivity index (χ2n) is 7.91. The number of aliphatic carboxylic acids is 1. The SMILES string of the molecule is O=C(COC1CCOC2(C1)CN(c1ncc(F)cn1)C2)N1CCCC1.O=C(O)C(F)(F)F. The maximum absolute atomic E-state index is 12.9. The van der Waals surface area contributed by atoms with Crippen LogP contribution in [0.3, 0.4) is 0 Å². The van der Waals surface area contributed by atoms with Crippen LogP contribution in [0, 0.1) is 5.82 Å². The Hall–Kier alpha value is -2.54. The summed E-state index contributed by atoms with van der Waals surface area (Å²) < 4.78 is 56.5. The monoisotopic (exact) mass is 464 g/mol. The van der Waals surface area contributed by atoms with Gasteiger partial charge in [-0.2, -0.15) is 13.2 Å². The van der Waals surface area contributed by atoms with Gasteiger partial charge in [0.15, 0.2) is 5.82 Å². The molecule has 1 atom stereocenters. The van der Waals surface area contributed by atoms with Gasteiger partial charge in [-0.25, -0.2) is 19.2 Å². The fourth-order valence-corrected chi connectivity index (χ4v) is 3.85. The van der Waals surface area contributed by atoms with Crippen molar-refractivity contribution in [2.24, 2.45) is 0 Å². The molecule has 9 nitrogen and oxygen atoms in total. The Morgan fingerprint density at radius 3 is 2.38 bits per heavy atom. The van der Waals surface area contributed by atoms with Crippen LogP contribution in [-0.4, -0.2) is 89.1 Å². The number of ether oxygens (including phenoxy) is 2. The van der Waals surface area contributed by atoms with Crippen LogP contribution in [-0.2, 0) is 19.1 Å². The Kier molecular flexibility index (Phi) is 7.49. The molecule has 1 aromatic rings. The van der Waals surface area contributed by atoms with Crippen molar-refractivity contribution in [3.63, 3.8) is 0 Å². The molecule has 1 N–H and O–H groups in total. The summed E-state index contributed by atoms with van der Waals surface area (Å²) in [5, 5.41) is 7.12. The molecule has 178 valence electrons. The van der Waals surface area contributed by atoms with Gasteiger partial charge in [0.2, 0.25) is 11.9 Å². The van der Waals surface area contributed by atoms with Crippen LogP contribution in [0.5, 0.6) is 0 Å². The summed E-state index contributed by atoms with van der Waals surface area (Å²) in [6.07, 6.45) is 1.05. The number of halogens is 4. The molecule has 32 heavy (non-hydrogen) atoms. The Morgan fingerprint density at radius 1 is 1.22 bits per heavy atom. The molecule has 1 unspecified atom stereocenters. The third-order valence-corrected chi connectivity index (χ3v) is 5.44. The van der Waals surface area contributed by atoms with Crippen LogP contribution >= 0.6 is 0 Å². The Morgan fingerprint density at radius 2 is 1.81 bits per heavy atom. The molecular weight excluding hydrogens is 440 g/mol. The molecule has 4 heterocycles. The van der Waals surface area contributed by atoms with E-state index in [-0.39, 0.29) is 24.2 Å². The minimum Gasteiger partial charge on any atom is -0.475 e. The van der Waals surface area contributed by atoms with Gasteiger partial charge < -0.3 is 24.4 Å². The zero-order chi connectivity index (χ0) is 23.4. The summed E-state index contributed by atoms with van der Waals surface area (Å²) in [6, 6.07) is 0. The molecule has 0 aromatic carbocycles. The topological polar surface area (TPSA) is 105 Å². The maximum atomic E-state index is 12.9. The first-order valence-corrected chi connectivity index (χ1v) is 10.1. The fraction of sp³-hybridized carbons (Fsp3) is 0.684. The van der Waals surface area contributed by atoms with Crippen molar-refractivity contribution in [2.45, 2.75) is 43.6 Å². The van der Waals surface area contributed by atoms with Gasteiger partial charge in [0.1, 0.15) is 12.2 Å². The lowest BCUT2D eigenvalue weighted by atomic mass is 9.85. The molecule has 1 amide bonds. The summed E-state index contributed by atoms with van der Waals surface area (Å²) in [5.41, 5.74) is -0.267. The van der Waals surface area contributed by atoms with E-state index in [0.717, 1.165) is 38.8 Å². The predicted octanol–water partition coefficient (Wildman–Crippen LogP) is 1.63. The number of hydrogen-bond donors (Lipinski definition) is 1. The lowest BCUT2D eigenvalue weighted by molar-refractivity contribution is -0.192. The quantitative estimate of drug-likeness (QED) is 0.671. The highest BCUT2D eigenvalue weighted by molar-refractivity contribution is 5.77. The number of hydrogen-bond acceptors (Lipinski definition) is 7. The van der Waals surface area contributed by atoms with E-state index in [0.29, 0.717) is 25.6 Å². The Labute approximate surface area is 181 Å². The zero-order valence-electron chi connectivity index (χ0n) is 17.2. The van der Waals surface area contributed by atoms with Gasteiger partial charge >= 0.3 is 12.1 Å². The van der Waals surface area contributed by atoms with Crippen LogP contribution in [0.2, 0.25) is 0 Å². The van der Waals surface area contributed by atoms with Crippen molar-refractivity contribution in [1.29, 1.82) is 0 Å². The summed E-state index contributed by atoms with van der Waals surface area (Å²) in [6.45, 7) is 3.82. The number of carbonyl (C=O) groups is 2. The van der Waals surface area contributed by atoms with Gasteiger partial charge in [-0.3, -0.25) is 4.79 Å². The molecule has 3 saturated heterocycles. The number of carbonyl (C=O) groups excluding carboxylic acids is 1. The fourth-order valence-electron chi connectivity index (χ4n) is 3.85. The van der Waals surface area contributed by atoms with E-state index in [1.807, 2.05) is 9.80 Å². The number of anilines is 1. The number of alkyl halides is 3. The molecule has 1 spiro atoms. The first-order valence-electron chi connectivity index (χ1n) is 10.1. The van der Waals surface area contributed by atoms with Crippen LogP contribution in [0.15, 0.2) is 12.4 Å². The maximum Gasteiger partial charge on any atom is 0.490 e. The molecule has 3 aliphatic heterocycles. The Balaban J connectivity index is 0.000000360. The summed E-state index contributed by atoms with van der Waals surface area (Å²) in [5.74, 6) is -2.59. The van der Waals surface area contributed by atoms with E-state index < -0.39 is 18.0 Å². The predicted molar refractivity (Wildman–Crippen MR) is 101 cm³/mol. The van der Waals surface area contributed by atoms with E-state index in [1.54, 1.807) is 0 Å². The number of likely N-dealkylation sites (tertiary alicyclic amines) is 1. The lowest BCUT2D eigenvalue weighted by Crippen LogP contribution is -2.66. The standard InChI is InChI=1S/C17H23FN4O3.C2HF3O2/c18-13-8-19-16(20-9-13)22-11-17(12-22)7-14(3-6-25-17)24-10-15(23)21-4-1-2-5-21;3-2(4,5)1(6)7/h8-9,14H,1-7,10-12H2;(H,6,7). The number of amides is 1. The summed E-state index contributed by atoms with van der Waals surface area (Å²) in [4.78, 5) is 32.9. The molecule has 0 bridgehead atoms. The minimum absolute atomic E-state index is 0.0385. The van der Waals surface area contributed by atoms with Gasteiger partial charge in [-0.15, -0.1) is 0 Å². The second-order valence-corrected chi connectivity index (χ2v) is 7.91. The van der Waals surface area contributed by atoms with Gasteiger partial charge in [0.25, 0.3) is 0 Å². The zero-order valence-corrected chi connectivity index (χ0v) is 17.2. The number of carboxylic acids is 1. The Bertz CT molecular complexity index is 796. The summed E-state index contributed by atoms with van der Waals surface area (Å²) in [7, 11) is 0. The molecule has 3 fully saturated rings. The molecule has 4 rings (SSSR count). The van der Waals surface area contributed by atoms with Gasteiger partial charge in [-0.1, -0.05) is 0 Å². The smallest absolute Gasteiger partial charge is 0.475 e. The molecule has 0 radical (unpaired) electrons. The van der Waals surface area contributed by atoms with Crippen molar-refractivity contribution in [3.8, 4) is 0 Å². The highest BCUT2D eigenvalue weighted by atomic mass is 19.4. The largest absolute Gasteiger partial charge is 0.490 e. The van der Waals surface area contributed by atoms with Crippen molar-refractivity contribution in [2.75, 3.05) is 44.3 Å². The van der Waals surface area contributed by atoms with Gasteiger partial charge in [0, 0.05) is 26.1 Å². The molecule has 3 aliphatic rings. The third-order valence-electron chi connectivity index (χ3n) is 5.44. The normalized spacial score (nSPS) is 22.2. The molecule has 13 heteroatoms. The van der Waals surface area contributed by atoms with E-state index in [2.05, 4.69) is 9.97 Å². The molecule has 0 saturated carbocycles. The second kappa shape index (κ2) is 9.94. The van der Waals surface area contributed by atoms with E-state index in [4.69, 9.17) is 19.4 Å². The number of aromatic nitrogens is 2. The average Bonchev–Trinajstić information content (AvgIpc) is 3.26. The average molecular weight is 464 g/mol. The van der Waals surface area contributed by atoms with E-state index in [9.17, 15) is 22.4 Å². The van der Waals surface area contributed by atoms with Crippen molar-refractivity contribution >= 4 is 17.8 Å². The van der Waals surface area contributed by atoms with Crippen molar-refractivity contribution in [1.82, 2.24) is 14.9 Å². The lowest BCUT2D eigenvalue weighted by Gasteiger charge is -2.52. The highest BCUT2D eigenvalue weighted by Gasteiger charge is 2.49. The first kappa shape index (κ1) is 24.1. The molecule has 1 aromatic heterocycles.